The number of hydrogen-bond acceptors (Lipinski definition) is 5. The van der Waals surface area contributed by atoms with Crippen molar-refractivity contribution >= 4 is 11.9 Å². The van der Waals surface area contributed by atoms with Gasteiger partial charge in [0.15, 0.2) is 6.04 Å². The van der Waals surface area contributed by atoms with E-state index in [2.05, 4.69) is 5.32 Å². The minimum atomic E-state index is -1.34. The Balaban J connectivity index is 2.53. The maximum atomic E-state index is 11.3. The van der Waals surface area contributed by atoms with Crippen LogP contribution in [0.2, 0.25) is 0 Å². The summed E-state index contributed by atoms with van der Waals surface area (Å²) in [4.78, 5) is 21.8. The van der Waals surface area contributed by atoms with Crippen molar-refractivity contribution in [3.05, 3.63) is 12.0 Å². The van der Waals surface area contributed by atoms with Gasteiger partial charge in [-0.3, -0.25) is 4.79 Å². The van der Waals surface area contributed by atoms with Crippen molar-refractivity contribution in [1.82, 2.24) is 5.32 Å². The van der Waals surface area contributed by atoms with Crippen LogP contribution in [0.4, 0.5) is 0 Å². The average molecular weight is 217 g/mol. The smallest absolute Gasteiger partial charge is 0.328 e. The highest BCUT2D eigenvalue weighted by molar-refractivity contribution is 5.94. The molecule has 7 nitrogen and oxygen atoms in total. The number of amides is 1. The van der Waals surface area contributed by atoms with Gasteiger partial charge in [-0.25, -0.2) is 4.79 Å². The first-order valence-corrected chi connectivity index (χ1v) is 4.24. The summed E-state index contributed by atoms with van der Waals surface area (Å²) in [6.45, 7) is -0.107. The highest BCUT2D eigenvalue weighted by atomic mass is 16.6. The van der Waals surface area contributed by atoms with Gasteiger partial charge in [-0.1, -0.05) is 0 Å². The second kappa shape index (κ2) is 5.20. The summed E-state index contributed by atoms with van der Waals surface area (Å²) >= 11 is 0. The lowest BCUT2D eigenvalue weighted by Gasteiger charge is -2.17. The molecule has 0 aromatic heterocycles. The van der Waals surface area contributed by atoms with Crippen LogP contribution in [0.5, 0.6) is 0 Å². The van der Waals surface area contributed by atoms with E-state index in [1.165, 1.54) is 0 Å². The number of carbonyl (C=O) groups excluding carboxylic acids is 1. The fourth-order valence-electron chi connectivity index (χ4n) is 0.902. The first-order chi connectivity index (χ1) is 7.15. The summed E-state index contributed by atoms with van der Waals surface area (Å²) in [5.41, 5.74) is 0. The van der Waals surface area contributed by atoms with E-state index in [9.17, 15) is 9.59 Å². The quantitative estimate of drug-likeness (QED) is 0.525. The molecule has 1 aliphatic heterocycles. The molecule has 0 saturated carbocycles. The van der Waals surface area contributed by atoms with Crippen LogP contribution in [0, 0.1) is 0 Å². The summed E-state index contributed by atoms with van der Waals surface area (Å²) < 4.78 is 9.74. The highest BCUT2D eigenvalue weighted by Gasteiger charge is 2.22. The summed E-state index contributed by atoms with van der Waals surface area (Å²) in [6, 6.07) is -1.34. The van der Waals surface area contributed by atoms with Crippen molar-refractivity contribution in [1.29, 1.82) is 0 Å². The van der Waals surface area contributed by atoms with E-state index in [1.54, 1.807) is 0 Å². The number of rotatable bonds is 4. The molecule has 0 aromatic rings. The molecular weight excluding hydrogens is 206 g/mol. The van der Waals surface area contributed by atoms with Crippen LogP contribution in [0.25, 0.3) is 0 Å². The van der Waals surface area contributed by atoms with E-state index >= 15 is 0 Å². The van der Waals surface area contributed by atoms with Gasteiger partial charge in [0.1, 0.15) is 19.5 Å². The van der Waals surface area contributed by atoms with Gasteiger partial charge in [0.2, 0.25) is 5.76 Å². The Bertz CT molecular complexity index is 287. The Morgan fingerprint density at radius 3 is 2.73 bits per heavy atom. The van der Waals surface area contributed by atoms with Gasteiger partial charge in [-0.15, -0.1) is 0 Å². The van der Waals surface area contributed by atoms with E-state index in [0.29, 0.717) is 6.61 Å². The summed E-state index contributed by atoms with van der Waals surface area (Å²) in [6.07, 6.45) is 1.11. The largest absolute Gasteiger partial charge is 0.494 e. The zero-order valence-corrected chi connectivity index (χ0v) is 7.80. The fraction of sp³-hybridized carbons (Fsp3) is 0.500. The van der Waals surface area contributed by atoms with Gasteiger partial charge in [-0.2, -0.15) is 0 Å². The van der Waals surface area contributed by atoms with E-state index in [1.807, 2.05) is 0 Å². The normalized spacial score (nSPS) is 16.7. The summed E-state index contributed by atoms with van der Waals surface area (Å²) in [5.74, 6) is -2.14. The molecule has 15 heavy (non-hydrogen) atoms. The van der Waals surface area contributed by atoms with Gasteiger partial charge in [-0.05, 0) is 0 Å². The molecule has 0 spiro atoms. The molecule has 7 heteroatoms. The third kappa shape index (κ3) is 3.13. The molecule has 1 rings (SSSR count). The fourth-order valence-corrected chi connectivity index (χ4v) is 0.902. The molecule has 0 aliphatic carbocycles. The number of carboxylic acid groups (broad SMARTS) is 1. The lowest BCUT2D eigenvalue weighted by Crippen LogP contribution is -2.44. The highest BCUT2D eigenvalue weighted by Crippen LogP contribution is 2.04. The molecule has 1 atom stereocenters. The predicted octanol–water partition coefficient (Wildman–Crippen LogP) is -1.56. The Morgan fingerprint density at radius 1 is 1.53 bits per heavy atom. The van der Waals surface area contributed by atoms with Crippen LogP contribution >= 0.6 is 0 Å². The lowest BCUT2D eigenvalue weighted by atomic mass is 10.3. The molecule has 0 saturated heterocycles. The van der Waals surface area contributed by atoms with Gasteiger partial charge in [0.05, 0.1) is 6.61 Å². The summed E-state index contributed by atoms with van der Waals surface area (Å²) in [5, 5.41) is 19.3. The van der Waals surface area contributed by atoms with Crippen LogP contribution in [0.3, 0.4) is 0 Å². The monoisotopic (exact) mass is 217 g/mol. The predicted molar refractivity (Wildman–Crippen MR) is 46.6 cm³/mol. The van der Waals surface area contributed by atoms with Crippen LogP contribution in [-0.4, -0.2) is 48.0 Å². The zero-order valence-electron chi connectivity index (χ0n) is 7.80. The number of ether oxygens (including phenoxy) is 2. The molecule has 0 aromatic carbocycles. The van der Waals surface area contributed by atoms with Gasteiger partial charge >= 0.3 is 5.97 Å². The van der Waals surface area contributed by atoms with Crippen molar-refractivity contribution < 1.29 is 29.3 Å². The van der Waals surface area contributed by atoms with Crippen molar-refractivity contribution in [3.8, 4) is 0 Å². The molecule has 1 aliphatic rings. The molecule has 0 unspecified atom stereocenters. The Morgan fingerprint density at radius 2 is 2.27 bits per heavy atom. The number of carbonyl (C=O) groups is 2. The number of nitrogens with one attached hydrogen (secondary N) is 1. The maximum absolute atomic E-state index is 11.3. The van der Waals surface area contributed by atoms with E-state index in [-0.39, 0.29) is 12.4 Å². The first kappa shape index (κ1) is 11.3. The SMILES string of the molecule is O=C(N[C@H](CO)C(=O)O)C1=COCCO1. The second-order valence-corrected chi connectivity index (χ2v) is 2.75. The number of hydrogen-bond donors (Lipinski definition) is 3. The standard InChI is InChI=1S/C8H11NO6/c10-3-5(8(12)13)9-7(11)6-4-14-1-2-15-6/h4-5,10H,1-3H2,(H,9,11)(H,12,13)/t5-/m1/s1. The Labute approximate surface area is 85.3 Å². The number of carboxylic acids is 1. The summed E-state index contributed by atoms with van der Waals surface area (Å²) in [7, 11) is 0. The van der Waals surface area contributed by atoms with Crippen molar-refractivity contribution in [3.63, 3.8) is 0 Å². The van der Waals surface area contributed by atoms with Crippen LogP contribution in [0.15, 0.2) is 12.0 Å². The van der Waals surface area contributed by atoms with Gasteiger partial charge in [0, 0.05) is 0 Å². The van der Waals surface area contributed by atoms with Crippen molar-refractivity contribution in [2.45, 2.75) is 6.04 Å². The molecule has 0 bridgehead atoms. The van der Waals surface area contributed by atoms with E-state index < -0.39 is 24.5 Å². The molecule has 1 amide bonds. The van der Waals surface area contributed by atoms with Gasteiger partial charge in [0.25, 0.3) is 5.91 Å². The molecule has 0 fully saturated rings. The van der Waals surface area contributed by atoms with E-state index in [4.69, 9.17) is 19.7 Å². The molecule has 84 valence electrons. The molecular formula is C8H11NO6. The third-order valence-corrected chi connectivity index (χ3v) is 1.66. The average Bonchev–Trinajstić information content (AvgIpc) is 2.26. The maximum Gasteiger partial charge on any atom is 0.328 e. The van der Waals surface area contributed by atoms with Crippen LogP contribution in [-0.2, 0) is 19.1 Å². The first-order valence-electron chi connectivity index (χ1n) is 4.24. The second-order valence-electron chi connectivity index (χ2n) is 2.75. The minimum Gasteiger partial charge on any atom is -0.494 e. The van der Waals surface area contributed by atoms with Gasteiger partial charge < -0.3 is 25.0 Å². The number of aliphatic carboxylic acids is 1. The van der Waals surface area contributed by atoms with E-state index in [0.717, 1.165) is 6.26 Å². The lowest BCUT2D eigenvalue weighted by molar-refractivity contribution is -0.143. The van der Waals surface area contributed by atoms with Crippen LogP contribution in [0.1, 0.15) is 0 Å². The van der Waals surface area contributed by atoms with Crippen LogP contribution < -0.4 is 5.32 Å². The molecule has 0 radical (unpaired) electrons. The number of aliphatic hydroxyl groups is 1. The Hall–Kier alpha value is -1.76. The van der Waals surface area contributed by atoms with Crippen molar-refractivity contribution in [2.24, 2.45) is 0 Å². The number of aliphatic hydroxyl groups excluding tert-OH is 1. The minimum absolute atomic E-state index is 0.0963. The topological polar surface area (TPSA) is 105 Å². The zero-order chi connectivity index (χ0) is 11.3. The third-order valence-electron chi connectivity index (χ3n) is 1.66. The molecule has 3 N–H and O–H groups in total. The Kier molecular flexibility index (Phi) is 3.92. The van der Waals surface area contributed by atoms with Crippen molar-refractivity contribution in [2.75, 3.05) is 19.8 Å². The molecule has 1 heterocycles.